The van der Waals surface area contributed by atoms with Gasteiger partial charge in [-0.3, -0.25) is 4.79 Å². The van der Waals surface area contributed by atoms with Gasteiger partial charge in [-0.2, -0.15) is 0 Å². The summed E-state index contributed by atoms with van der Waals surface area (Å²) in [5.41, 5.74) is 0. The van der Waals surface area contributed by atoms with Gasteiger partial charge in [-0.05, 0) is 121 Å². The average Bonchev–Trinajstić information content (AvgIpc) is 3.10. The second kappa shape index (κ2) is 24.0. The lowest BCUT2D eigenvalue weighted by molar-refractivity contribution is -0.158. The zero-order chi connectivity index (χ0) is 33.5. The van der Waals surface area contributed by atoms with Gasteiger partial charge < -0.3 is 23.7 Å². The van der Waals surface area contributed by atoms with Crippen molar-refractivity contribution in [3.63, 3.8) is 0 Å². The van der Waals surface area contributed by atoms with E-state index in [4.69, 9.17) is 23.7 Å². The van der Waals surface area contributed by atoms with Crippen molar-refractivity contribution in [2.45, 2.75) is 160 Å². The van der Waals surface area contributed by atoms with Crippen LogP contribution in [0.25, 0.3) is 0 Å². The molecule has 3 aliphatic rings. The fraction of sp³-hybridized carbons (Fsp3) is 0.821. The first-order valence-corrected chi connectivity index (χ1v) is 19.0. The molecular formula is C39H64O8. The maximum atomic E-state index is 12.9. The van der Waals surface area contributed by atoms with E-state index in [1.165, 1.54) is 69.9 Å². The number of rotatable bonds is 23. The topological polar surface area (TPSA) is 97.4 Å². The Morgan fingerprint density at radius 3 is 1.26 bits per heavy atom. The number of hydrogen-bond donors (Lipinski definition) is 0. The summed E-state index contributed by atoms with van der Waals surface area (Å²) >= 11 is 0. The minimum atomic E-state index is -0.356. The minimum absolute atomic E-state index is 0.0215. The second-order valence-corrected chi connectivity index (χ2v) is 14.0. The molecule has 3 rings (SSSR count). The molecule has 0 aromatic rings. The molecule has 0 atom stereocenters. The molecule has 0 aromatic carbocycles. The summed E-state index contributed by atoms with van der Waals surface area (Å²) in [5, 5.41) is 0. The van der Waals surface area contributed by atoms with Crippen molar-refractivity contribution in [1.82, 2.24) is 0 Å². The monoisotopic (exact) mass is 660 g/mol. The van der Waals surface area contributed by atoms with Crippen molar-refractivity contribution < 1.29 is 38.1 Å². The lowest BCUT2D eigenvalue weighted by Crippen LogP contribution is -2.33. The van der Waals surface area contributed by atoms with Crippen LogP contribution in [-0.4, -0.2) is 62.6 Å². The van der Waals surface area contributed by atoms with Crippen molar-refractivity contribution >= 4 is 17.9 Å². The van der Waals surface area contributed by atoms with Gasteiger partial charge in [-0.1, -0.05) is 45.3 Å². The van der Waals surface area contributed by atoms with Crippen LogP contribution < -0.4 is 0 Å². The van der Waals surface area contributed by atoms with Crippen molar-refractivity contribution in [3.05, 3.63) is 25.3 Å². The van der Waals surface area contributed by atoms with Gasteiger partial charge in [0.05, 0.1) is 31.3 Å². The largest absolute Gasteiger partial charge is 0.463 e. The lowest BCUT2D eigenvalue weighted by atomic mass is 9.72. The van der Waals surface area contributed by atoms with Crippen molar-refractivity contribution in [2.24, 2.45) is 17.8 Å². The normalized spacial score (nSPS) is 26.2. The molecule has 8 nitrogen and oxygen atoms in total. The highest BCUT2D eigenvalue weighted by atomic mass is 16.5. The Bertz CT molecular complexity index is 895. The van der Waals surface area contributed by atoms with Gasteiger partial charge in [0.25, 0.3) is 0 Å². The Balaban J connectivity index is 1.13. The Labute approximate surface area is 284 Å². The maximum Gasteiger partial charge on any atom is 0.330 e. The average molecular weight is 661 g/mol. The predicted octanol–water partition coefficient (Wildman–Crippen LogP) is 8.60. The smallest absolute Gasteiger partial charge is 0.330 e. The van der Waals surface area contributed by atoms with E-state index in [2.05, 4.69) is 13.2 Å². The van der Waals surface area contributed by atoms with Crippen LogP contribution in [0.5, 0.6) is 0 Å². The van der Waals surface area contributed by atoms with Gasteiger partial charge in [0.15, 0.2) is 0 Å². The third-order valence-corrected chi connectivity index (χ3v) is 10.5. The van der Waals surface area contributed by atoms with E-state index >= 15 is 0 Å². The summed E-state index contributed by atoms with van der Waals surface area (Å²) < 4.78 is 28.4. The molecule has 0 aromatic heterocycles. The van der Waals surface area contributed by atoms with E-state index in [1.54, 1.807) is 0 Å². The number of carbonyl (C=O) groups excluding carboxylic acids is 3. The summed E-state index contributed by atoms with van der Waals surface area (Å²) in [6, 6.07) is 0. The Kier molecular flexibility index (Phi) is 20.1. The van der Waals surface area contributed by atoms with Gasteiger partial charge >= 0.3 is 17.9 Å². The maximum absolute atomic E-state index is 12.9. The van der Waals surface area contributed by atoms with Crippen molar-refractivity contribution in [2.75, 3.05) is 26.4 Å². The lowest BCUT2D eigenvalue weighted by Gasteiger charge is -2.38. The molecule has 0 heterocycles. The first kappa shape index (κ1) is 39.3. The molecule has 0 saturated heterocycles. The zero-order valence-electron chi connectivity index (χ0n) is 29.2. The van der Waals surface area contributed by atoms with E-state index in [0.717, 1.165) is 109 Å². The molecule has 0 aliphatic heterocycles. The number of ether oxygens (including phenoxy) is 5. The molecule has 3 fully saturated rings. The Morgan fingerprint density at radius 2 is 0.830 bits per heavy atom. The first-order chi connectivity index (χ1) is 23.0. The molecule has 268 valence electrons. The van der Waals surface area contributed by atoms with Gasteiger partial charge in [0.1, 0.15) is 6.10 Å². The summed E-state index contributed by atoms with van der Waals surface area (Å²) in [6.45, 7) is 9.38. The number of hydrogen-bond acceptors (Lipinski definition) is 8. The quantitative estimate of drug-likeness (QED) is 0.0465. The predicted molar refractivity (Wildman–Crippen MR) is 184 cm³/mol. The number of esters is 3. The third-order valence-electron chi connectivity index (χ3n) is 10.5. The molecule has 0 radical (unpaired) electrons. The van der Waals surface area contributed by atoms with Crippen LogP contribution in [0.3, 0.4) is 0 Å². The van der Waals surface area contributed by atoms with Crippen LogP contribution in [-0.2, 0) is 38.1 Å². The molecule has 3 saturated carbocycles. The summed E-state index contributed by atoms with van der Waals surface area (Å²) in [7, 11) is 0. The van der Waals surface area contributed by atoms with Crippen LogP contribution in [0.1, 0.15) is 141 Å². The van der Waals surface area contributed by atoms with Crippen LogP contribution in [0.4, 0.5) is 0 Å². The first-order valence-electron chi connectivity index (χ1n) is 19.0. The van der Waals surface area contributed by atoms with E-state index < -0.39 is 0 Å². The second-order valence-electron chi connectivity index (χ2n) is 14.0. The van der Waals surface area contributed by atoms with Gasteiger partial charge in [0.2, 0.25) is 0 Å². The fourth-order valence-corrected chi connectivity index (χ4v) is 7.56. The SMILES string of the molecule is C=CC(=O)OCCCCCCCCOC1CCC(C2CCC(OC(=O)C3CCC(OCCCCCCOC(=O)C=C)CC3)CC2)CC1. The van der Waals surface area contributed by atoms with E-state index in [9.17, 15) is 14.4 Å². The fourth-order valence-electron chi connectivity index (χ4n) is 7.56. The molecule has 3 aliphatic carbocycles. The third kappa shape index (κ3) is 16.7. The van der Waals surface area contributed by atoms with E-state index in [-0.39, 0.29) is 36.0 Å². The number of unbranched alkanes of at least 4 members (excludes halogenated alkanes) is 8. The van der Waals surface area contributed by atoms with Crippen LogP contribution in [0.15, 0.2) is 25.3 Å². The standard InChI is InChI=1S/C39H64O8/c1-3-37(40)45-29-13-8-6-5-7-11-27-43-34-21-15-31(16-22-34)32-17-25-36(26-18-32)47-39(42)33-19-23-35(24-20-33)44-28-12-9-10-14-30-46-38(41)4-2/h3-4,31-36H,1-2,5-30H2. The highest BCUT2D eigenvalue weighted by molar-refractivity contribution is 5.81. The Morgan fingerprint density at radius 1 is 0.468 bits per heavy atom. The highest BCUT2D eigenvalue weighted by Crippen LogP contribution is 2.40. The highest BCUT2D eigenvalue weighted by Gasteiger charge is 2.34. The van der Waals surface area contributed by atoms with Crippen LogP contribution >= 0.6 is 0 Å². The summed E-state index contributed by atoms with van der Waals surface area (Å²) in [5.74, 6) is 0.936. The summed E-state index contributed by atoms with van der Waals surface area (Å²) in [4.78, 5) is 35.0. The minimum Gasteiger partial charge on any atom is -0.463 e. The molecule has 0 unspecified atom stereocenters. The molecule has 0 amide bonds. The Hall–Kier alpha value is -2.19. The summed E-state index contributed by atoms with van der Waals surface area (Å²) in [6.07, 6.45) is 26.8. The molecule has 47 heavy (non-hydrogen) atoms. The molecular weight excluding hydrogens is 596 g/mol. The van der Waals surface area contributed by atoms with Gasteiger partial charge in [-0.15, -0.1) is 0 Å². The van der Waals surface area contributed by atoms with E-state index in [0.29, 0.717) is 19.3 Å². The van der Waals surface area contributed by atoms with Crippen molar-refractivity contribution in [1.29, 1.82) is 0 Å². The van der Waals surface area contributed by atoms with Crippen LogP contribution in [0, 0.1) is 17.8 Å². The van der Waals surface area contributed by atoms with E-state index in [1.807, 2.05) is 0 Å². The van der Waals surface area contributed by atoms with Crippen molar-refractivity contribution in [3.8, 4) is 0 Å². The van der Waals surface area contributed by atoms with Gasteiger partial charge in [-0.25, -0.2) is 9.59 Å². The molecule has 0 spiro atoms. The number of carbonyl (C=O) groups is 3. The molecule has 0 N–H and O–H groups in total. The molecule has 8 heteroatoms. The zero-order valence-corrected chi connectivity index (χ0v) is 29.2. The van der Waals surface area contributed by atoms with Crippen LogP contribution in [0.2, 0.25) is 0 Å². The molecule has 0 bridgehead atoms. The van der Waals surface area contributed by atoms with Gasteiger partial charge in [0, 0.05) is 25.4 Å².